The second kappa shape index (κ2) is 6.86. The number of aromatic nitrogens is 2. The molecule has 1 aromatic heterocycles. The fourth-order valence-corrected chi connectivity index (χ4v) is 2.14. The Bertz CT molecular complexity index is 739. The van der Waals surface area contributed by atoms with Crippen LogP contribution in [-0.2, 0) is 4.79 Å². The maximum Gasteiger partial charge on any atom is 0.305 e. The maximum absolute atomic E-state index is 12.1. The van der Waals surface area contributed by atoms with Crippen LogP contribution in [0.2, 0.25) is 5.02 Å². The molecule has 0 aliphatic rings. The predicted molar refractivity (Wildman–Crippen MR) is 78.8 cm³/mol. The van der Waals surface area contributed by atoms with Crippen molar-refractivity contribution in [3.63, 3.8) is 0 Å². The van der Waals surface area contributed by atoms with Gasteiger partial charge >= 0.3 is 5.97 Å². The van der Waals surface area contributed by atoms with Crippen LogP contribution in [0.25, 0.3) is 0 Å². The summed E-state index contributed by atoms with van der Waals surface area (Å²) < 4.78 is 0. The first-order valence-electron chi connectivity index (χ1n) is 6.30. The Morgan fingerprint density at radius 2 is 2.00 bits per heavy atom. The molecule has 2 rings (SSSR count). The van der Waals surface area contributed by atoms with Gasteiger partial charge in [-0.1, -0.05) is 29.8 Å². The molecule has 7 nitrogen and oxygen atoms in total. The fraction of sp³-hybridized carbons (Fsp3) is 0.143. The smallest absolute Gasteiger partial charge is 0.305 e. The molecule has 0 saturated heterocycles. The van der Waals surface area contributed by atoms with E-state index in [0.717, 1.165) is 6.07 Å². The van der Waals surface area contributed by atoms with Gasteiger partial charge < -0.3 is 10.4 Å². The van der Waals surface area contributed by atoms with Gasteiger partial charge in [0.1, 0.15) is 5.69 Å². The molecule has 1 aromatic carbocycles. The van der Waals surface area contributed by atoms with Crippen LogP contribution in [0.5, 0.6) is 0 Å². The Morgan fingerprint density at radius 1 is 1.27 bits per heavy atom. The second-order valence-electron chi connectivity index (χ2n) is 4.45. The SMILES string of the molecule is O=C(O)C[C@H](NC(=O)c1ccc(=O)[nH]n1)c1ccccc1Cl. The Kier molecular flexibility index (Phi) is 4.90. The number of aromatic amines is 1. The molecule has 8 heteroatoms. The van der Waals surface area contributed by atoms with E-state index in [0.29, 0.717) is 10.6 Å². The molecule has 1 amide bonds. The highest BCUT2D eigenvalue weighted by atomic mass is 35.5. The van der Waals surface area contributed by atoms with Gasteiger partial charge in [0.05, 0.1) is 12.5 Å². The lowest BCUT2D eigenvalue weighted by Crippen LogP contribution is -2.31. The lowest BCUT2D eigenvalue weighted by molar-refractivity contribution is -0.137. The van der Waals surface area contributed by atoms with Crippen molar-refractivity contribution in [2.75, 3.05) is 0 Å². The van der Waals surface area contributed by atoms with E-state index >= 15 is 0 Å². The number of aliphatic carboxylic acids is 1. The second-order valence-corrected chi connectivity index (χ2v) is 4.86. The van der Waals surface area contributed by atoms with Gasteiger partial charge in [-0.05, 0) is 17.7 Å². The standard InChI is InChI=1S/C14H12ClN3O4/c15-9-4-2-1-3-8(9)11(7-13(20)21)16-14(22)10-5-6-12(19)18-17-10/h1-6,11H,7H2,(H,16,22)(H,18,19)(H,20,21)/t11-/m0/s1. The van der Waals surface area contributed by atoms with E-state index in [4.69, 9.17) is 16.7 Å². The van der Waals surface area contributed by atoms with Crippen molar-refractivity contribution in [3.05, 3.63) is 63.0 Å². The summed E-state index contributed by atoms with van der Waals surface area (Å²) in [5.41, 5.74) is 0.0242. The van der Waals surface area contributed by atoms with E-state index in [1.54, 1.807) is 24.3 Å². The number of halogens is 1. The quantitative estimate of drug-likeness (QED) is 0.770. The van der Waals surface area contributed by atoms with E-state index in [2.05, 4.69) is 15.5 Å². The molecule has 0 bridgehead atoms. The molecule has 1 atom stereocenters. The molecule has 0 aliphatic heterocycles. The van der Waals surface area contributed by atoms with Crippen molar-refractivity contribution in [3.8, 4) is 0 Å². The zero-order valence-electron chi connectivity index (χ0n) is 11.2. The summed E-state index contributed by atoms with van der Waals surface area (Å²) in [4.78, 5) is 34.0. The van der Waals surface area contributed by atoms with Crippen molar-refractivity contribution in [2.45, 2.75) is 12.5 Å². The number of carbonyl (C=O) groups is 2. The van der Waals surface area contributed by atoms with Crippen molar-refractivity contribution in [2.24, 2.45) is 0 Å². The van der Waals surface area contributed by atoms with Crippen molar-refractivity contribution < 1.29 is 14.7 Å². The Labute approximate surface area is 129 Å². The van der Waals surface area contributed by atoms with Gasteiger partial charge in [-0.25, -0.2) is 5.10 Å². The summed E-state index contributed by atoms with van der Waals surface area (Å²) in [5.74, 6) is -1.69. The summed E-state index contributed by atoms with van der Waals surface area (Å²) in [6.45, 7) is 0. The van der Waals surface area contributed by atoms with Crippen LogP contribution < -0.4 is 10.9 Å². The minimum Gasteiger partial charge on any atom is -0.481 e. The van der Waals surface area contributed by atoms with Crippen LogP contribution in [0, 0.1) is 0 Å². The van der Waals surface area contributed by atoms with Gasteiger partial charge in [0.25, 0.3) is 11.5 Å². The number of hydrogen-bond donors (Lipinski definition) is 3. The number of nitrogens with zero attached hydrogens (tertiary/aromatic N) is 1. The van der Waals surface area contributed by atoms with Crippen LogP contribution in [-0.4, -0.2) is 27.2 Å². The van der Waals surface area contributed by atoms with E-state index in [9.17, 15) is 14.4 Å². The van der Waals surface area contributed by atoms with Crippen LogP contribution in [0.4, 0.5) is 0 Å². The molecule has 1 heterocycles. The highest BCUT2D eigenvalue weighted by Crippen LogP contribution is 2.25. The van der Waals surface area contributed by atoms with Gasteiger partial charge in [0, 0.05) is 11.1 Å². The topological polar surface area (TPSA) is 112 Å². The molecule has 22 heavy (non-hydrogen) atoms. The first-order valence-corrected chi connectivity index (χ1v) is 6.68. The van der Waals surface area contributed by atoms with Gasteiger partial charge in [0.2, 0.25) is 0 Å². The number of amides is 1. The fourth-order valence-electron chi connectivity index (χ4n) is 1.87. The molecule has 0 spiro atoms. The van der Waals surface area contributed by atoms with E-state index in [1.165, 1.54) is 6.07 Å². The molecule has 0 radical (unpaired) electrons. The van der Waals surface area contributed by atoms with Crippen molar-refractivity contribution in [1.29, 1.82) is 0 Å². The Morgan fingerprint density at radius 3 is 2.59 bits per heavy atom. The van der Waals surface area contributed by atoms with E-state index in [-0.39, 0.29) is 12.1 Å². The number of hydrogen-bond acceptors (Lipinski definition) is 4. The summed E-state index contributed by atoms with van der Waals surface area (Å²) in [6, 6.07) is 8.23. The van der Waals surface area contributed by atoms with Gasteiger partial charge in [0.15, 0.2) is 0 Å². The first-order chi connectivity index (χ1) is 10.5. The third-order valence-corrected chi connectivity index (χ3v) is 3.22. The highest BCUT2D eigenvalue weighted by molar-refractivity contribution is 6.31. The minimum absolute atomic E-state index is 0.0259. The predicted octanol–water partition coefficient (Wildman–Crippen LogP) is 1.37. The minimum atomic E-state index is -1.08. The number of carboxylic acids is 1. The molecule has 114 valence electrons. The summed E-state index contributed by atoms with van der Waals surface area (Å²) in [6.07, 6.45) is -0.334. The molecular formula is C14H12ClN3O4. The van der Waals surface area contributed by atoms with Gasteiger partial charge in [-0.3, -0.25) is 14.4 Å². The lowest BCUT2D eigenvalue weighted by Gasteiger charge is -2.18. The molecule has 2 aromatic rings. The van der Waals surface area contributed by atoms with E-state index < -0.39 is 23.5 Å². The number of benzene rings is 1. The molecular weight excluding hydrogens is 310 g/mol. The number of nitrogens with one attached hydrogen (secondary N) is 2. The van der Waals surface area contributed by atoms with Crippen LogP contribution in [0.3, 0.4) is 0 Å². The summed E-state index contributed by atoms with van der Waals surface area (Å²) in [7, 11) is 0. The van der Waals surface area contributed by atoms with Crippen molar-refractivity contribution in [1.82, 2.24) is 15.5 Å². The lowest BCUT2D eigenvalue weighted by atomic mass is 10.0. The normalized spacial score (nSPS) is 11.7. The third kappa shape index (κ3) is 3.92. The molecule has 0 unspecified atom stereocenters. The van der Waals surface area contributed by atoms with Gasteiger partial charge in [-0.2, -0.15) is 5.10 Å². The Hall–Kier alpha value is -2.67. The number of carboxylic acid groups (broad SMARTS) is 1. The molecule has 0 fully saturated rings. The molecule has 3 N–H and O–H groups in total. The first kappa shape index (κ1) is 15.7. The van der Waals surface area contributed by atoms with Crippen molar-refractivity contribution >= 4 is 23.5 Å². The largest absolute Gasteiger partial charge is 0.481 e. The molecule has 0 saturated carbocycles. The van der Waals surface area contributed by atoms with Crippen LogP contribution >= 0.6 is 11.6 Å². The maximum atomic E-state index is 12.1. The van der Waals surface area contributed by atoms with Crippen LogP contribution in [0.15, 0.2) is 41.2 Å². The number of carbonyl (C=O) groups excluding carboxylic acids is 1. The average molecular weight is 322 g/mol. The highest BCUT2D eigenvalue weighted by Gasteiger charge is 2.21. The van der Waals surface area contributed by atoms with Gasteiger partial charge in [-0.15, -0.1) is 0 Å². The summed E-state index contributed by atoms with van der Waals surface area (Å²) in [5, 5.41) is 17.6. The zero-order valence-corrected chi connectivity index (χ0v) is 12.0. The summed E-state index contributed by atoms with van der Waals surface area (Å²) >= 11 is 6.05. The Balaban J connectivity index is 2.25. The molecule has 0 aliphatic carbocycles. The number of rotatable bonds is 5. The third-order valence-electron chi connectivity index (χ3n) is 2.88. The van der Waals surface area contributed by atoms with E-state index in [1.807, 2.05) is 0 Å². The van der Waals surface area contributed by atoms with Crippen LogP contribution in [0.1, 0.15) is 28.5 Å². The average Bonchev–Trinajstić information content (AvgIpc) is 2.47. The monoisotopic (exact) mass is 321 g/mol. The number of H-pyrrole nitrogens is 1. The zero-order chi connectivity index (χ0) is 16.1.